The van der Waals surface area contributed by atoms with Crippen molar-refractivity contribution in [1.29, 1.82) is 0 Å². The summed E-state index contributed by atoms with van der Waals surface area (Å²) in [5.41, 5.74) is 4.38. The van der Waals surface area contributed by atoms with E-state index in [4.69, 9.17) is 23.2 Å². The van der Waals surface area contributed by atoms with Crippen LogP contribution >= 0.6 is 23.2 Å². The highest BCUT2D eigenvalue weighted by molar-refractivity contribution is 6.42. The lowest BCUT2D eigenvalue weighted by Gasteiger charge is -2.07. The van der Waals surface area contributed by atoms with Crippen molar-refractivity contribution in [2.75, 3.05) is 5.32 Å². The second-order valence-corrected chi connectivity index (χ2v) is 7.47. The van der Waals surface area contributed by atoms with Gasteiger partial charge in [0.05, 0.1) is 22.3 Å². The molecule has 154 valence electrons. The summed E-state index contributed by atoms with van der Waals surface area (Å²) in [6, 6.07) is 12.8. The van der Waals surface area contributed by atoms with Gasteiger partial charge in [0, 0.05) is 17.6 Å². The summed E-state index contributed by atoms with van der Waals surface area (Å²) in [4.78, 5) is 17.0. The van der Waals surface area contributed by atoms with Crippen molar-refractivity contribution in [2.24, 2.45) is 4.99 Å². The molecule has 3 aromatic rings. The number of aromatic nitrogens is 3. The van der Waals surface area contributed by atoms with Crippen LogP contribution in [0.25, 0.3) is 0 Å². The number of nitrogens with zero attached hydrogens (tertiary/aromatic N) is 4. The number of hydrogen-bond acceptors (Lipinski definition) is 4. The van der Waals surface area contributed by atoms with Gasteiger partial charge in [0.1, 0.15) is 0 Å². The predicted octanol–water partition coefficient (Wildman–Crippen LogP) is 5.54. The first-order chi connectivity index (χ1) is 14.4. The molecule has 3 rings (SSSR count). The highest BCUT2D eigenvalue weighted by Gasteiger charge is 2.17. The lowest BCUT2D eigenvalue weighted by molar-refractivity contribution is 0.102. The van der Waals surface area contributed by atoms with Crippen LogP contribution in [0.2, 0.25) is 10.0 Å². The second kappa shape index (κ2) is 9.69. The van der Waals surface area contributed by atoms with Crippen molar-refractivity contribution in [3.05, 3.63) is 87.3 Å². The minimum Gasteiger partial charge on any atom is -0.321 e. The number of anilines is 1. The quantitative estimate of drug-likeness (QED) is 0.510. The van der Waals surface area contributed by atoms with E-state index >= 15 is 0 Å². The second-order valence-electron chi connectivity index (χ2n) is 6.66. The van der Waals surface area contributed by atoms with E-state index in [2.05, 4.69) is 20.6 Å². The van der Waals surface area contributed by atoms with Crippen LogP contribution in [0, 0.1) is 6.92 Å². The van der Waals surface area contributed by atoms with Crippen LogP contribution in [0.4, 0.5) is 5.69 Å². The predicted molar refractivity (Wildman–Crippen MR) is 122 cm³/mol. The average Bonchev–Trinajstić information content (AvgIpc) is 3.09. The number of carbonyl (C=O) groups excluding carboxylic acids is 1. The third-order valence-electron chi connectivity index (χ3n) is 4.49. The standard InChI is InChI=1S/C22H21Cl2N5O/c1-4-11-25-14(2)17-6-8-18(9-7-17)26-22(30)21-15(3)29(28-27-21)13-16-5-10-19(23)20(24)12-16/h4-12H,13H2,1-3H3,(H,26,30)/b11-4-,25-14+. The Labute approximate surface area is 185 Å². The molecule has 0 aliphatic heterocycles. The molecule has 0 spiro atoms. The summed E-state index contributed by atoms with van der Waals surface area (Å²) in [6.07, 6.45) is 3.62. The topological polar surface area (TPSA) is 72.2 Å². The monoisotopic (exact) mass is 441 g/mol. The molecule has 0 saturated carbocycles. The molecule has 0 fully saturated rings. The first kappa shape index (κ1) is 21.7. The van der Waals surface area contributed by atoms with Gasteiger partial charge < -0.3 is 5.32 Å². The number of halogens is 2. The number of carbonyl (C=O) groups is 1. The van der Waals surface area contributed by atoms with Crippen LogP contribution in [0.3, 0.4) is 0 Å². The first-order valence-corrected chi connectivity index (χ1v) is 10.1. The molecule has 0 atom stereocenters. The van der Waals surface area contributed by atoms with Gasteiger partial charge in [-0.05, 0) is 56.2 Å². The van der Waals surface area contributed by atoms with Crippen LogP contribution < -0.4 is 5.32 Å². The lowest BCUT2D eigenvalue weighted by atomic mass is 10.1. The van der Waals surface area contributed by atoms with Crippen molar-refractivity contribution in [1.82, 2.24) is 15.0 Å². The summed E-state index contributed by atoms with van der Waals surface area (Å²) in [5.74, 6) is -0.319. The molecular weight excluding hydrogens is 421 g/mol. The summed E-state index contributed by atoms with van der Waals surface area (Å²) in [6.45, 7) is 6.08. The van der Waals surface area contributed by atoms with Crippen molar-refractivity contribution in [3.63, 3.8) is 0 Å². The van der Waals surface area contributed by atoms with E-state index in [-0.39, 0.29) is 11.6 Å². The van der Waals surface area contributed by atoms with Crippen LogP contribution in [0.1, 0.15) is 41.2 Å². The molecule has 6 nitrogen and oxygen atoms in total. The van der Waals surface area contributed by atoms with E-state index in [1.54, 1.807) is 29.9 Å². The fraction of sp³-hybridized carbons (Fsp3) is 0.182. The normalized spacial score (nSPS) is 11.8. The Bertz CT molecular complexity index is 1120. The van der Waals surface area contributed by atoms with Gasteiger partial charge in [0.25, 0.3) is 5.91 Å². The van der Waals surface area contributed by atoms with Gasteiger partial charge >= 0.3 is 0 Å². The van der Waals surface area contributed by atoms with Crippen molar-refractivity contribution in [3.8, 4) is 0 Å². The van der Waals surface area contributed by atoms with Gasteiger partial charge in [-0.25, -0.2) is 4.68 Å². The molecule has 8 heteroatoms. The molecule has 1 N–H and O–H groups in total. The molecule has 2 aromatic carbocycles. The van der Waals surface area contributed by atoms with E-state index < -0.39 is 0 Å². The maximum atomic E-state index is 12.7. The van der Waals surface area contributed by atoms with Crippen LogP contribution in [0.15, 0.2) is 59.7 Å². The molecule has 0 saturated heterocycles. The molecule has 0 bridgehead atoms. The number of hydrogen-bond donors (Lipinski definition) is 1. The number of aliphatic imine (C=N–C) groups is 1. The Morgan fingerprint density at radius 3 is 2.57 bits per heavy atom. The van der Waals surface area contributed by atoms with Gasteiger partial charge in [0.2, 0.25) is 0 Å². The average molecular weight is 442 g/mol. The number of benzene rings is 2. The van der Waals surface area contributed by atoms with E-state index in [1.165, 1.54) is 0 Å². The molecule has 1 aromatic heterocycles. The van der Waals surface area contributed by atoms with Crippen LogP contribution in [-0.2, 0) is 6.54 Å². The summed E-state index contributed by atoms with van der Waals surface area (Å²) < 4.78 is 1.65. The maximum absolute atomic E-state index is 12.7. The number of amides is 1. The Morgan fingerprint density at radius 2 is 1.90 bits per heavy atom. The van der Waals surface area contributed by atoms with Gasteiger partial charge in [-0.2, -0.15) is 0 Å². The number of allylic oxidation sites excluding steroid dienone is 1. The van der Waals surface area contributed by atoms with Crippen LogP contribution in [0.5, 0.6) is 0 Å². The third kappa shape index (κ3) is 5.14. The molecule has 30 heavy (non-hydrogen) atoms. The minimum absolute atomic E-state index is 0.268. The van der Waals surface area contributed by atoms with Crippen molar-refractivity contribution >= 4 is 40.5 Å². The molecular formula is C22H21Cl2N5O. The molecule has 0 radical (unpaired) electrons. The fourth-order valence-corrected chi connectivity index (χ4v) is 3.10. The maximum Gasteiger partial charge on any atom is 0.278 e. The molecule has 1 heterocycles. The summed E-state index contributed by atoms with van der Waals surface area (Å²) in [7, 11) is 0. The largest absolute Gasteiger partial charge is 0.321 e. The smallest absolute Gasteiger partial charge is 0.278 e. The fourth-order valence-electron chi connectivity index (χ4n) is 2.78. The van der Waals surface area contributed by atoms with Crippen molar-refractivity contribution in [2.45, 2.75) is 27.3 Å². The summed E-state index contributed by atoms with van der Waals surface area (Å²) in [5, 5.41) is 12.0. The number of rotatable bonds is 6. The van der Waals surface area contributed by atoms with Crippen molar-refractivity contribution < 1.29 is 4.79 Å². The van der Waals surface area contributed by atoms with Gasteiger partial charge in [0.15, 0.2) is 5.69 Å². The van der Waals surface area contributed by atoms with Gasteiger partial charge in [-0.3, -0.25) is 9.79 Å². The zero-order valence-corrected chi connectivity index (χ0v) is 18.4. The Balaban J connectivity index is 1.71. The zero-order chi connectivity index (χ0) is 21.7. The Hall–Kier alpha value is -2.96. The highest BCUT2D eigenvalue weighted by Crippen LogP contribution is 2.23. The minimum atomic E-state index is -0.319. The Kier molecular flexibility index (Phi) is 7.03. The van der Waals surface area contributed by atoms with Crippen LogP contribution in [-0.4, -0.2) is 26.6 Å². The molecule has 1 amide bonds. The molecule has 0 aliphatic rings. The van der Waals surface area contributed by atoms with E-state index in [1.807, 2.05) is 50.3 Å². The lowest BCUT2D eigenvalue weighted by Crippen LogP contribution is -2.14. The highest BCUT2D eigenvalue weighted by atomic mass is 35.5. The van der Waals surface area contributed by atoms with E-state index in [0.29, 0.717) is 28.0 Å². The van der Waals surface area contributed by atoms with E-state index in [0.717, 1.165) is 16.8 Å². The van der Waals surface area contributed by atoms with Gasteiger partial charge in [-0.1, -0.05) is 52.7 Å². The Morgan fingerprint density at radius 1 is 1.17 bits per heavy atom. The zero-order valence-electron chi connectivity index (χ0n) is 16.9. The SMILES string of the molecule is C/C=C\N=C(/C)c1ccc(NC(=O)c2nnn(Cc3ccc(Cl)c(Cl)c3)c2C)cc1. The first-order valence-electron chi connectivity index (χ1n) is 9.30. The molecule has 0 unspecified atom stereocenters. The molecule has 0 aliphatic carbocycles. The van der Waals surface area contributed by atoms with E-state index in [9.17, 15) is 4.79 Å². The van der Waals surface area contributed by atoms with Gasteiger partial charge in [-0.15, -0.1) is 5.10 Å². The third-order valence-corrected chi connectivity index (χ3v) is 5.23. The number of nitrogens with one attached hydrogen (secondary N) is 1. The summed E-state index contributed by atoms with van der Waals surface area (Å²) >= 11 is 12.0.